The van der Waals surface area contributed by atoms with Crippen molar-refractivity contribution in [1.29, 1.82) is 0 Å². The highest BCUT2D eigenvalue weighted by atomic mass is 16.5. The zero-order valence-electron chi connectivity index (χ0n) is 15.8. The molecule has 4 heteroatoms. The summed E-state index contributed by atoms with van der Waals surface area (Å²) in [5.41, 5.74) is 3.82. The first-order valence-electron chi connectivity index (χ1n) is 9.28. The Morgan fingerprint density at radius 2 is 1.65 bits per heavy atom. The van der Waals surface area contributed by atoms with Gasteiger partial charge in [-0.3, -0.25) is 0 Å². The topological polar surface area (TPSA) is 30.9 Å². The lowest BCUT2D eigenvalue weighted by molar-refractivity contribution is -0.00303. The molecule has 1 saturated heterocycles. The number of rotatable bonds is 3. The van der Waals surface area contributed by atoms with Crippen molar-refractivity contribution < 1.29 is 14.2 Å². The average Bonchev–Trinajstić information content (AvgIpc) is 2.70. The molecule has 4 nitrogen and oxygen atoms in total. The van der Waals surface area contributed by atoms with Crippen molar-refractivity contribution >= 4 is 0 Å². The van der Waals surface area contributed by atoms with Gasteiger partial charge in [0.1, 0.15) is 6.10 Å². The number of ether oxygens (including phenoxy) is 3. The van der Waals surface area contributed by atoms with Crippen LogP contribution in [0.2, 0.25) is 0 Å². The molecule has 1 spiro atoms. The SMILES string of the molecule is COc1cc2c(cc1OC)C1(CCN(C)CC1)COC2c1ccccc1. The van der Waals surface area contributed by atoms with Crippen LogP contribution in [-0.4, -0.2) is 45.9 Å². The van der Waals surface area contributed by atoms with Crippen LogP contribution in [0.15, 0.2) is 42.5 Å². The van der Waals surface area contributed by atoms with Gasteiger partial charge in [0.25, 0.3) is 0 Å². The Kier molecular flexibility index (Phi) is 4.63. The van der Waals surface area contributed by atoms with Gasteiger partial charge in [0.2, 0.25) is 0 Å². The Balaban J connectivity index is 1.85. The average molecular weight is 353 g/mol. The molecule has 1 fully saturated rings. The second-order valence-corrected chi connectivity index (χ2v) is 7.48. The summed E-state index contributed by atoms with van der Waals surface area (Å²) in [6.07, 6.45) is 2.15. The molecule has 0 aliphatic carbocycles. The quantitative estimate of drug-likeness (QED) is 0.840. The highest BCUT2D eigenvalue weighted by Crippen LogP contribution is 2.49. The highest BCUT2D eigenvalue weighted by Gasteiger charge is 2.43. The first kappa shape index (κ1) is 17.4. The molecule has 0 bridgehead atoms. The van der Waals surface area contributed by atoms with Crippen LogP contribution < -0.4 is 9.47 Å². The predicted molar refractivity (Wildman–Crippen MR) is 102 cm³/mol. The molecule has 2 aromatic rings. The first-order chi connectivity index (χ1) is 12.7. The fraction of sp³-hybridized carbons (Fsp3) is 0.455. The summed E-state index contributed by atoms with van der Waals surface area (Å²) in [5, 5.41) is 0. The van der Waals surface area contributed by atoms with E-state index in [0.29, 0.717) is 0 Å². The molecule has 0 amide bonds. The van der Waals surface area contributed by atoms with E-state index >= 15 is 0 Å². The standard InChI is InChI=1S/C22H27NO3/c1-23-11-9-22(10-12-23)15-26-21(16-7-5-4-6-8-16)17-13-19(24-2)20(25-3)14-18(17)22/h4-8,13-14,21H,9-12,15H2,1-3H3. The Morgan fingerprint density at radius 1 is 1.00 bits per heavy atom. The number of methoxy groups -OCH3 is 2. The van der Waals surface area contributed by atoms with E-state index in [1.807, 2.05) is 6.07 Å². The van der Waals surface area contributed by atoms with Crippen LogP contribution in [0, 0.1) is 0 Å². The third-order valence-corrected chi connectivity index (χ3v) is 5.98. The zero-order valence-corrected chi connectivity index (χ0v) is 15.8. The van der Waals surface area contributed by atoms with Crippen molar-refractivity contribution in [2.24, 2.45) is 0 Å². The molecule has 26 heavy (non-hydrogen) atoms. The van der Waals surface area contributed by atoms with Crippen LogP contribution >= 0.6 is 0 Å². The Bertz CT molecular complexity index is 766. The summed E-state index contributed by atoms with van der Waals surface area (Å²) in [6.45, 7) is 2.93. The minimum atomic E-state index is -0.0590. The molecule has 1 atom stereocenters. The lowest BCUT2D eigenvalue weighted by Crippen LogP contribution is -2.46. The summed E-state index contributed by atoms with van der Waals surface area (Å²) in [6, 6.07) is 14.8. The lowest BCUT2D eigenvalue weighted by atomic mass is 9.69. The van der Waals surface area contributed by atoms with E-state index in [4.69, 9.17) is 14.2 Å². The maximum Gasteiger partial charge on any atom is 0.161 e. The van der Waals surface area contributed by atoms with Crippen molar-refractivity contribution in [3.05, 3.63) is 59.2 Å². The van der Waals surface area contributed by atoms with Crippen molar-refractivity contribution in [3.8, 4) is 11.5 Å². The molecule has 2 aromatic carbocycles. The third-order valence-electron chi connectivity index (χ3n) is 5.98. The van der Waals surface area contributed by atoms with Crippen molar-refractivity contribution in [2.75, 3.05) is 41.0 Å². The van der Waals surface area contributed by atoms with Crippen LogP contribution in [0.5, 0.6) is 11.5 Å². The molecule has 0 radical (unpaired) electrons. The second kappa shape index (κ2) is 6.93. The zero-order chi connectivity index (χ0) is 18.1. The van der Waals surface area contributed by atoms with Gasteiger partial charge in [0, 0.05) is 5.41 Å². The largest absolute Gasteiger partial charge is 0.493 e. The van der Waals surface area contributed by atoms with Gasteiger partial charge in [-0.2, -0.15) is 0 Å². The molecule has 0 aromatic heterocycles. The summed E-state index contributed by atoms with van der Waals surface area (Å²) in [5.74, 6) is 1.57. The minimum absolute atomic E-state index is 0.0590. The van der Waals surface area contributed by atoms with Gasteiger partial charge in [-0.1, -0.05) is 30.3 Å². The number of likely N-dealkylation sites (tertiary alicyclic amines) is 1. The van der Waals surface area contributed by atoms with E-state index in [9.17, 15) is 0 Å². The highest BCUT2D eigenvalue weighted by molar-refractivity contribution is 5.53. The van der Waals surface area contributed by atoms with Crippen molar-refractivity contribution in [2.45, 2.75) is 24.4 Å². The molecule has 138 valence electrons. The normalized spacial score (nSPS) is 22.0. The molecule has 2 aliphatic heterocycles. The smallest absolute Gasteiger partial charge is 0.161 e. The lowest BCUT2D eigenvalue weighted by Gasteiger charge is -2.46. The van der Waals surface area contributed by atoms with Crippen LogP contribution in [0.4, 0.5) is 0 Å². The van der Waals surface area contributed by atoms with E-state index in [1.165, 1.54) is 16.7 Å². The third kappa shape index (κ3) is 2.87. The van der Waals surface area contributed by atoms with Crippen LogP contribution in [-0.2, 0) is 10.2 Å². The maximum absolute atomic E-state index is 6.48. The van der Waals surface area contributed by atoms with E-state index in [1.54, 1.807) is 14.2 Å². The van der Waals surface area contributed by atoms with Crippen molar-refractivity contribution in [1.82, 2.24) is 4.90 Å². The fourth-order valence-electron chi connectivity index (χ4n) is 4.35. The predicted octanol–water partition coefficient (Wildman–Crippen LogP) is 3.79. The first-order valence-corrected chi connectivity index (χ1v) is 9.28. The summed E-state index contributed by atoms with van der Waals surface area (Å²) >= 11 is 0. The molecule has 0 saturated carbocycles. The molecule has 2 heterocycles. The number of hydrogen-bond donors (Lipinski definition) is 0. The molecular weight excluding hydrogens is 326 g/mol. The fourth-order valence-corrected chi connectivity index (χ4v) is 4.35. The summed E-state index contributed by atoms with van der Waals surface area (Å²) in [7, 11) is 5.59. The van der Waals surface area contributed by atoms with Gasteiger partial charge in [-0.05, 0) is 61.8 Å². The van der Waals surface area contributed by atoms with E-state index in [-0.39, 0.29) is 11.5 Å². The second-order valence-electron chi connectivity index (χ2n) is 7.48. The van der Waals surface area contributed by atoms with Crippen molar-refractivity contribution in [3.63, 3.8) is 0 Å². The van der Waals surface area contributed by atoms with Gasteiger partial charge in [-0.15, -0.1) is 0 Å². The molecular formula is C22H27NO3. The monoisotopic (exact) mass is 353 g/mol. The van der Waals surface area contributed by atoms with Gasteiger partial charge in [0.05, 0.1) is 20.8 Å². The van der Waals surface area contributed by atoms with Gasteiger partial charge >= 0.3 is 0 Å². The molecule has 1 unspecified atom stereocenters. The number of hydrogen-bond acceptors (Lipinski definition) is 4. The number of piperidine rings is 1. The minimum Gasteiger partial charge on any atom is -0.493 e. The Labute approximate surface area is 155 Å². The van der Waals surface area contributed by atoms with Gasteiger partial charge in [0.15, 0.2) is 11.5 Å². The van der Waals surface area contributed by atoms with Crippen LogP contribution in [0.3, 0.4) is 0 Å². The number of fused-ring (bicyclic) bond motifs is 2. The molecule has 4 rings (SSSR count). The number of nitrogens with zero attached hydrogens (tertiary/aromatic N) is 1. The molecule has 0 N–H and O–H groups in total. The Morgan fingerprint density at radius 3 is 2.31 bits per heavy atom. The van der Waals surface area contributed by atoms with E-state index in [2.05, 4.69) is 48.3 Å². The summed E-state index contributed by atoms with van der Waals surface area (Å²) < 4.78 is 17.7. The Hall–Kier alpha value is -2.04. The maximum atomic E-state index is 6.48. The van der Waals surface area contributed by atoms with Gasteiger partial charge in [-0.25, -0.2) is 0 Å². The number of benzene rings is 2. The summed E-state index contributed by atoms with van der Waals surface area (Å²) in [4.78, 5) is 2.40. The van der Waals surface area contributed by atoms with Crippen LogP contribution in [0.25, 0.3) is 0 Å². The van der Waals surface area contributed by atoms with E-state index in [0.717, 1.165) is 44.0 Å². The van der Waals surface area contributed by atoms with Gasteiger partial charge < -0.3 is 19.1 Å². The van der Waals surface area contributed by atoms with Crippen LogP contribution in [0.1, 0.15) is 35.6 Å². The van der Waals surface area contributed by atoms with E-state index < -0.39 is 0 Å². The molecule has 2 aliphatic rings.